The summed E-state index contributed by atoms with van der Waals surface area (Å²) < 4.78 is 0. The average Bonchev–Trinajstić information content (AvgIpc) is 2.49. The van der Waals surface area contributed by atoms with Crippen molar-refractivity contribution in [2.24, 2.45) is 0 Å². The van der Waals surface area contributed by atoms with Crippen molar-refractivity contribution in [1.82, 2.24) is 0 Å². The number of benzene rings is 2. The summed E-state index contributed by atoms with van der Waals surface area (Å²) in [6.45, 7) is 8.65. The predicted octanol–water partition coefficient (Wildman–Crippen LogP) is 5.52. The Balaban J connectivity index is 2.09. The van der Waals surface area contributed by atoms with Gasteiger partial charge in [0, 0.05) is 0 Å². The highest BCUT2D eigenvalue weighted by atomic mass is 16.3. The van der Waals surface area contributed by atoms with Gasteiger partial charge >= 0.3 is 0 Å². The zero-order valence-electron chi connectivity index (χ0n) is 14.6. The van der Waals surface area contributed by atoms with Crippen LogP contribution in [0, 0.1) is 0 Å². The molecule has 0 heterocycles. The van der Waals surface area contributed by atoms with E-state index in [-0.39, 0.29) is 0 Å². The SMILES string of the molecule is CC(C)c1cc(O)ccc1CCCc1ccc(O)cc1C(C)C. The summed E-state index contributed by atoms with van der Waals surface area (Å²) in [5, 5.41) is 19.4. The van der Waals surface area contributed by atoms with E-state index in [2.05, 4.69) is 27.7 Å². The van der Waals surface area contributed by atoms with Crippen molar-refractivity contribution in [3.63, 3.8) is 0 Å². The van der Waals surface area contributed by atoms with Crippen LogP contribution >= 0.6 is 0 Å². The van der Waals surface area contributed by atoms with Gasteiger partial charge in [0.15, 0.2) is 0 Å². The van der Waals surface area contributed by atoms with Crippen molar-refractivity contribution < 1.29 is 10.2 Å². The van der Waals surface area contributed by atoms with Gasteiger partial charge in [-0.25, -0.2) is 0 Å². The van der Waals surface area contributed by atoms with E-state index in [0.717, 1.165) is 19.3 Å². The lowest BCUT2D eigenvalue weighted by Gasteiger charge is -2.15. The highest BCUT2D eigenvalue weighted by Crippen LogP contribution is 2.28. The molecule has 0 aliphatic carbocycles. The Morgan fingerprint density at radius 1 is 0.696 bits per heavy atom. The van der Waals surface area contributed by atoms with Crippen molar-refractivity contribution in [2.45, 2.75) is 58.8 Å². The van der Waals surface area contributed by atoms with Crippen LogP contribution in [0.2, 0.25) is 0 Å². The molecule has 0 saturated carbocycles. The third-order valence-corrected chi connectivity index (χ3v) is 4.40. The minimum atomic E-state index is 0.345. The quantitative estimate of drug-likeness (QED) is 0.737. The first kappa shape index (κ1) is 17.4. The molecule has 0 bridgehead atoms. The van der Waals surface area contributed by atoms with E-state index in [1.807, 2.05) is 24.3 Å². The molecule has 2 aromatic rings. The van der Waals surface area contributed by atoms with E-state index in [9.17, 15) is 10.2 Å². The molecule has 124 valence electrons. The Labute approximate surface area is 139 Å². The fraction of sp³-hybridized carbons (Fsp3) is 0.429. The second kappa shape index (κ2) is 7.54. The average molecular weight is 312 g/mol. The van der Waals surface area contributed by atoms with Gasteiger partial charge < -0.3 is 10.2 Å². The fourth-order valence-electron chi connectivity index (χ4n) is 3.16. The van der Waals surface area contributed by atoms with Crippen molar-refractivity contribution in [1.29, 1.82) is 0 Å². The summed E-state index contributed by atoms with van der Waals surface area (Å²) in [5.74, 6) is 1.52. The van der Waals surface area contributed by atoms with E-state index in [1.165, 1.54) is 22.3 Å². The summed E-state index contributed by atoms with van der Waals surface area (Å²) in [6, 6.07) is 11.4. The third kappa shape index (κ3) is 4.51. The Morgan fingerprint density at radius 2 is 1.09 bits per heavy atom. The minimum absolute atomic E-state index is 0.345. The molecule has 23 heavy (non-hydrogen) atoms. The third-order valence-electron chi connectivity index (χ3n) is 4.40. The van der Waals surface area contributed by atoms with Crippen molar-refractivity contribution >= 4 is 0 Å². The van der Waals surface area contributed by atoms with E-state index < -0.39 is 0 Å². The monoisotopic (exact) mass is 312 g/mol. The van der Waals surface area contributed by atoms with Gasteiger partial charge in [0.1, 0.15) is 11.5 Å². The second-order valence-corrected chi connectivity index (χ2v) is 6.93. The van der Waals surface area contributed by atoms with Crippen LogP contribution in [0.25, 0.3) is 0 Å². The lowest BCUT2D eigenvalue weighted by molar-refractivity contribution is 0.473. The van der Waals surface area contributed by atoms with Crippen LogP contribution in [0.3, 0.4) is 0 Å². The first-order valence-electron chi connectivity index (χ1n) is 8.52. The van der Waals surface area contributed by atoms with Crippen LogP contribution in [0.5, 0.6) is 11.5 Å². The zero-order valence-corrected chi connectivity index (χ0v) is 14.6. The van der Waals surface area contributed by atoms with Gasteiger partial charge in [0.05, 0.1) is 0 Å². The molecule has 2 rings (SSSR count). The molecule has 0 radical (unpaired) electrons. The maximum Gasteiger partial charge on any atom is 0.115 e. The maximum absolute atomic E-state index is 9.69. The van der Waals surface area contributed by atoms with Crippen LogP contribution in [-0.4, -0.2) is 10.2 Å². The molecule has 2 heteroatoms. The lowest BCUT2D eigenvalue weighted by Crippen LogP contribution is -2.00. The van der Waals surface area contributed by atoms with Gasteiger partial charge in [-0.1, -0.05) is 39.8 Å². The number of hydrogen-bond donors (Lipinski definition) is 2. The Morgan fingerprint density at radius 3 is 1.43 bits per heavy atom. The summed E-state index contributed by atoms with van der Waals surface area (Å²) in [4.78, 5) is 0. The molecule has 0 aliphatic rings. The van der Waals surface area contributed by atoms with Crippen LogP contribution in [0.1, 0.15) is 68.2 Å². The first-order chi connectivity index (χ1) is 10.9. The van der Waals surface area contributed by atoms with Crippen LogP contribution in [-0.2, 0) is 12.8 Å². The Bertz CT molecular complexity index is 599. The molecule has 0 fully saturated rings. The summed E-state index contributed by atoms with van der Waals surface area (Å²) in [6.07, 6.45) is 3.08. The number of aromatic hydroxyl groups is 2. The molecule has 0 unspecified atom stereocenters. The molecule has 2 N–H and O–H groups in total. The zero-order chi connectivity index (χ0) is 17.0. The molecular weight excluding hydrogens is 284 g/mol. The molecule has 2 nitrogen and oxygen atoms in total. The predicted molar refractivity (Wildman–Crippen MR) is 96.4 cm³/mol. The minimum Gasteiger partial charge on any atom is -0.508 e. The van der Waals surface area contributed by atoms with Gasteiger partial charge in [-0.15, -0.1) is 0 Å². The van der Waals surface area contributed by atoms with Gasteiger partial charge in [-0.3, -0.25) is 0 Å². The summed E-state index contributed by atoms with van der Waals surface area (Å²) in [7, 11) is 0. The second-order valence-electron chi connectivity index (χ2n) is 6.93. The number of aryl methyl sites for hydroxylation is 2. The van der Waals surface area contributed by atoms with Crippen LogP contribution < -0.4 is 0 Å². The lowest BCUT2D eigenvalue weighted by atomic mass is 9.90. The Kier molecular flexibility index (Phi) is 5.70. The van der Waals surface area contributed by atoms with Crippen LogP contribution in [0.15, 0.2) is 36.4 Å². The molecule has 0 saturated heterocycles. The van der Waals surface area contributed by atoms with Gasteiger partial charge in [-0.05, 0) is 77.6 Å². The highest BCUT2D eigenvalue weighted by Gasteiger charge is 2.10. The normalized spacial score (nSPS) is 11.4. The molecular formula is C21H28O2. The molecule has 0 aliphatic heterocycles. The number of phenols is 2. The highest BCUT2D eigenvalue weighted by molar-refractivity contribution is 5.38. The van der Waals surface area contributed by atoms with E-state index >= 15 is 0 Å². The topological polar surface area (TPSA) is 40.5 Å². The largest absolute Gasteiger partial charge is 0.508 e. The Hall–Kier alpha value is -1.96. The van der Waals surface area contributed by atoms with Gasteiger partial charge in [-0.2, -0.15) is 0 Å². The molecule has 0 amide bonds. The number of phenolic OH excluding ortho intramolecular Hbond substituents is 2. The summed E-state index contributed by atoms with van der Waals surface area (Å²) >= 11 is 0. The summed E-state index contributed by atoms with van der Waals surface area (Å²) in [5.41, 5.74) is 5.12. The first-order valence-corrected chi connectivity index (χ1v) is 8.52. The van der Waals surface area contributed by atoms with E-state index in [0.29, 0.717) is 23.3 Å². The maximum atomic E-state index is 9.69. The number of rotatable bonds is 6. The van der Waals surface area contributed by atoms with Crippen molar-refractivity contribution in [3.8, 4) is 11.5 Å². The van der Waals surface area contributed by atoms with Crippen molar-refractivity contribution in [3.05, 3.63) is 58.7 Å². The van der Waals surface area contributed by atoms with Gasteiger partial charge in [0.2, 0.25) is 0 Å². The molecule has 0 atom stereocenters. The fourth-order valence-corrected chi connectivity index (χ4v) is 3.16. The number of hydrogen-bond acceptors (Lipinski definition) is 2. The van der Waals surface area contributed by atoms with Crippen LogP contribution in [0.4, 0.5) is 0 Å². The molecule has 2 aromatic carbocycles. The smallest absolute Gasteiger partial charge is 0.115 e. The molecule has 0 spiro atoms. The van der Waals surface area contributed by atoms with Crippen molar-refractivity contribution in [2.75, 3.05) is 0 Å². The standard InChI is InChI=1S/C21H28O2/c1-14(2)20-12-18(22)10-8-16(20)6-5-7-17-9-11-19(23)13-21(17)15(3)4/h8-15,22-23H,5-7H2,1-4H3. The van der Waals surface area contributed by atoms with E-state index in [4.69, 9.17) is 0 Å². The van der Waals surface area contributed by atoms with E-state index in [1.54, 1.807) is 12.1 Å². The molecule has 0 aromatic heterocycles. The van der Waals surface area contributed by atoms with Gasteiger partial charge in [0.25, 0.3) is 0 Å².